The van der Waals surface area contributed by atoms with Crippen molar-refractivity contribution in [3.8, 4) is 11.4 Å². The second kappa shape index (κ2) is 11.9. The summed E-state index contributed by atoms with van der Waals surface area (Å²) in [5, 5.41) is 2.95. The Morgan fingerprint density at radius 2 is 1.76 bits per heavy atom. The van der Waals surface area contributed by atoms with Crippen LogP contribution in [0.15, 0.2) is 88.6 Å². The Bertz CT molecular complexity index is 1630. The van der Waals surface area contributed by atoms with Crippen LogP contribution in [0.4, 0.5) is 5.69 Å². The Hall–Kier alpha value is -3.50. The molecule has 4 aromatic rings. The number of carbonyl (C=O) groups is 1. The van der Waals surface area contributed by atoms with Gasteiger partial charge in [-0.3, -0.25) is 9.59 Å². The molecule has 8 nitrogen and oxygen atoms in total. The van der Waals surface area contributed by atoms with E-state index in [0.717, 1.165) is 9.87 Å². The number of aryl methyl sites for hydroxylation is 1. The van der Waals surface area contributed by atoms with E-state index in [1.807, 2.05) is 30.3 Å². The number of hydrogen-bond acceptors (Lipinski definition) is 5. The fourth-order valence-corrected chi connectivity index (χ4v) is 5.95. The first-order chi connectivity index (χ1) is 18.1. The van der Waals surface area contributed by atoms with Crippen molar-refractivity contribution in [1.82, 2.24) is 14.3 Å². The highest BCUT2D eigenvalue weighted by atomic mass is 35.5. The summed E-state index contributed by atoms with van der Waals surface area (Å²) in [6.07, 6.45) is 0.382. The quantitative estimate of drug-likeness (QED) is 0.296. The third-order valence-electron chi connectivity index (χ3n) is 5.61. The fraction of sp³-hybridized carbons (Fsp3) is 0.148. The second-order valence-electron chi connectivity index (χ2n) is 8.51. The summed E-state index contributed by atoms with van der Waals surface area (Å²) >= 11 is 12.3. The van der Waals surface area contributed by atoms with Crippen molar-refractivity contribution in [2.45, 2.75) is 18.2 Å². The maximum atomic E-state index is 13.6. The van der Waals surface area contributed by atoms with Gasteiger partial charge in [0.2, 0.25) is 15.9 Å². The topological polar surface area (TPSA) is 112 Å². The van der Waals surface area contributed by atoms with E-state index < -0.39 is 22.5 Å². The number of H-pyrrole nitrogens is 1. The molecule has 0 fully saturated rings. The van der Waals surface area contributed by atoms with E-state index in [0.29, 0.717) is 29.2 Å². The average Bonchev–Trinajstić information content (AvgIpc) is 2.88. The van der Waals surface area contributed by atoms with E-state index in [1.54, 1.807) is 31.2 Å². The smallest absolute Gasteiger partial charge is 0.251 e. The molecule has 4 rings (SSSR count). The molecular formula is C27H24Cl2N4O4S. The number of amides is 1. The van der Waals surface area contributed by atoms with Gasteiger partial charge < -0.3 is 10.3 Å². The van der Waals surface area contributed by atoms with E-state index >= 15 is 0 Å². The van der Waals surface area contributed by atoms with Crippen molar-refractivity contribution in [3.63, 3.8) is 0 Å². The molecule has 1 amide bonds. The van der Waals surface area contributed by atoms with Gasteiger partial charge in [0.25, 0.3) is 5.56 Å². The molecule has 0 aliphatic carbocycles. The fourth-order valence-electron chi connectivity index (χ4n) is 3.82. The van der Waals surface area contributed by atoms with Crippen LogP contribution < -0.4 is 10.9 Å². The summed E-state index contributed by atoms with van der Waals surface area (Å²) in [6, 6.07) is 21.6. The van der Waals surface area contributed by atoms with Gasteiger partial charge in [0.05, 0.1) is 11.6 Å². The molecular weight excluding hydrogens is 547 g/mol. The third kappa shape index (κ3) is 6.87. The molecule has 0 radical (unpaired) electrons. The molecule has 1 aromatic heterocycles. The Morgan fingerprint density at radius 1 is 1.00 bits per heavy atom. The maximum absolute atomic E-state index is 13.6. The molecule has 0 atom stereocenters. The summed E-state index contributed by atoms with van der Waals surface area (Å²) in [4.78, 5) is 31.7. The van der Waals surface area contributed by atoms with Gasteiger partial charge in [0.1, 0.15) is 10.7 Å². The SMILES string of the molecule is Cc1cc(=O)[nH]c(-c2cccc(NC(=O)CN(CCc3ccccc3)S(=O)(=O)c3cc(Cl)ccc3Cl)c2)n1. The monoisotopic (exact) mass is 570 g/mol. The first-order valence-corrected chi connectivity index (χ1v) is 13.8. The molecule has 3 aromatic carbocycles. The van der Waals surface area contributed by atoms with Gasteiger partial charge in [-0.05, 0) is 49.2 Å². The van der Waals surface area contributed by atoms with E-state index in [1.165, 1.54) is 24.3 Å². The van der Waals surface area contributed by atoms with Gasteiger partial charge in [0, 0.05) is 34.6 Å². The summed E-state index contributed by atoms with van der Waals surface area (Å²) in [6.45, 7) is 1.29. The number of aromatic nitrogens is 2. The maximum Gasteiger partial charge on any atom is 0.251 e. The summed E-state index contributed by atoms with van der Waals surface area (Å²) in [7, 11) is -4.17. The minimum Gasteiger partial charge on any atom is -0.325 e. The predicted octanol–water partition coefficient (Wildman–Crippen LogP) is 4.92. The minimum atomic E-state index is -4.17. The van der Waals surface area contributed by atoms with Crippen molar-refractivity contribution >= 4 is 44.8 Å². The number of rotatable bonds is 9. The van der Waals surface area contributed by atoms with E-state index in [2.05, 4.69) is 15.3 Å². The van der Waals surface area contributed by atoms with E-state index in [-0.39, 0.29) is 27.0 Å². The van der Waals surface area contributed by atoms with Gasteiger partial charge in [-0.1, -0.05) is 65.7 Å². The molecule has 0 saturated carbocycles. The Morgan fingerprint density at radius 3 is 2.50 bits per heavy atom. The predicted molar refractivity (Wildman–Crippen MR) is 149 cm³/mol. The molecule has 0 spiro atoms. The number of aromatic amines is 1. The van der Waals surface area contributed by atoms with Crippen LogP contribution in [0.1, 0.15) is 11.3 Å². The van der Waals surface area contributed by atoms with Gasteiger partial charge in [0.15, 0.2) is 0 Å². The van der Waals surface area contributed by atoms with Crippen LogP contribution in [0.2, 0.25) is 10.0 Å². The molecule has 1 heterocycles. The molecule has 0 saturated heterocycles. The molecule has 0 bridgehead atoms. The zero-order valence-electron chi connectivity index (χ0n) is 20.3. The van der Waals surface area contributed by atoms with Gasteiger partial charge in [-0.25, -0.2) is 13.4 Å². The largest absolute Gasteiger partial charge is 0.325 e. The van der Waals surface area contributed by atoms with Crippen molar-refractivity contribution in [3.05, 3.63) is 111 Å². The zero-order valence-corrected chi connectivity index (χ0v) is 22.6. The number of carbonyl (C=O) groups excluding carboxylic acids is 1. The summed E-state index contributed by atoms with van der Waals surface area (Å²) < 4.78 is 28.2. The summed E-state index contributed by atoms with van der Waals surface area (Å²) in [5.74, 6) is -0.198. The lowest BCUT2D eigenvalue weighted by molar-refractivity contribution is -0.116. The normalized spacial score (nSPS) is 11.5. The Balaban J connectivity index is 1.58. The van der Waals surface area contributed by atoms with Gasteiger partial charge >= 0.3 is 0 Å². The standard InChI is InChI=1S/C27H24Cl2N4O4S/c1-18-14-25(34)32-27(30-18)20-8-5-9-22(15-20)31-26(35)17-33(13-12-19-6-3-2-4-7-19)38(36,37)24-16-21(28)10-11-23(24)29/h2-11,14-16H,12-13,17H2,1H3,(H,31,35)(H,30,32,34). The van der Waals surface area contributed by atoms with Crippen molar-refractivity contribution < 1.29 is 13.2 Å². The van der Waals surface area contributed by atoms with Crippen LogP contribution in [0.25, 0.3) is 11.4 Å². The highest BCUT2D eigenvalue weighted by molar-refractivity contribution is 7.89. The van der Waals surface area contributed by atoms with Crippen LogP contribution in [0.5, 0.6) is 0 Å². The van der Waals surface area contributed by atoms with Crippen LogP contribution in [-0.4, -0.2) is 41.7 Å². The average molecular weight is 571 g/mol. The van der Waals surface area contributed by atoms with Gasteiger partial charge in [-0.15, -0.1) is 0 Å². The zero-order chi connectivity index (χ0) is 27.3. The second-order valence-corrected chi connectivity index (χ2v) is 11.3. The molecule has 0 aliphatic heterocycles. The molecule has 0 unspecified atom stereocenters. The van der Waals surface area contributed by atoms with E-state index in [9.17, 15) is 18.0 Å². The first kappa shape index (κ1) is 27.5. The molecule has 38 heavy (non-hydrogen) atoms. The highest BCUT2D eigenvalue weighted by Crippen LogP contribution is 2.28. The number of anilines is 1. The van der Waals surface area contributed by atoms with Crippen molar-refractivity contribution in [2.75, 3.05) is 18.4 Å². The van der Waals surface area contributed by atoms with Crippen LogP contribution in [-0.2, 0) is 21.2 Å². The molecule has 2 N–H and O–H groups in total. The number of nitrogens with one attached hydrogen (secondary N) is 2. The third-order valence-corrected chi connectivity index (χ3v) is 8.18. The van der Waals surface area contributed by atoms with Crippen molar-refractivity contribution in [1.29, 1.82) is 0 Å². The highest BCUT2D eigenvalue weighted by Gasteiger charge is 2.29. The number of hydrogen-bond donors (Lipinski definition) is 2. The van der Waals surface area contributed by atoms with Crippen LogP contribution in [0, 0.1) is 6.92 Å². The lowest BCUT2D eigenvalue weighted by Crippen LogP contribution is -2.39. The molecule has 0 aliphatic rings. The lowest BCUT2D eigenvalue weighted by atomic mass is 10.1. The number of halogens is 2. The molecule has 11 heteroatoms. The number of nitrogens with zero attached hydrogens (tertiary/aromatic N) is 2. The number of benzene rings is 3. The molecule has 196 valence electrons. The van der Waals surface area contributed by atoms with Gasteiger partial charge in [-0.2, -0.15) is 4.31 Å². The number of sulfonamides is 1. The van der Waals surface area contributed by atoms with E-state index in [4.69, 9.17) is 23.2 Å². The van der Waals surface area contributed by atoms with Crippen LogP contribution in [0.3, 0.4) is 0 Å². The lowest BCUT2D eigenvalue weighted by Gasteiger charge is -2.22. The van der Waals surface area contributed by atoms with Crippen molar-refractivity contribution in [2.24, 2.45) is 0 Å². The first-order valence-electron chi connectivity index (χ1n) is 11.6. The summed E-state index contributed by atoms with van der Waals surface area (Å²) in [5.41, 5.74) is 2.18. The Kier molecular flexibility index (Phi) is 8.63. The Labute approximate surface area is 230 Å². The van der Waals surface area contributed by atoms with Crippen LogP contribution >= 0.6 is 23.2 Å². The minimum absolute atomic E-state index is 0.00636.